The van der Waals surface area contributed by atoms with Gasteiger partial charge in [0.15, 0.2) is 5.88 Å². The van der Waals surface area contributed by atoms with Crippen LogP contribution in [-0.2, 0) is 0 Å². The van der Waals surface area contributed by atoms with Crippen molar-refractivity contribution in [2.45, 2.75) is 19.1 Å². The maximum Gasteiger partial charge on any atom is 0.195 e. The fourth-order valence-corrected chi connectivity index (χ4v) is 1.92. The lowest BCUT2D eigenvalue weighted by atomic mass is 10.3. The van der Waals surface area contributed by atoms with E-state index in [4.69, 9.17) is 4.42 Å². The molecule has 74 valence electrons. The van der Waals surface area contributed by atoms with Crippen molar-refractivity contribution in [2.75, 3.05) is 24.7 Å². The lowest BCUT2D eigenvalue weighted by Gasteiger charge is -2.09. The van der Waals surface area contributed by atoms with E-state index in [0.29, 0.717) is 5.25 Å². The third-order valence-electron chi connectivity index (χ3n) is 1.87. The summed E-state index contributed by atoms with van der Waals surface area (Å²) in [7, 11) is 3.97. The van der Waals surface area contributed by atoms with Gasteiger partial charge in [-0.1, -0.05) is 6.92 Å². The predicted octanol–water partition coefficient (Wildman–Crippen LogP) is 3.16. The standard InChI is InChI=1S/C10H17NOS/c1-5-13-8(2)9-6-7-10(12-9)11(3)4/h6-8H,5H2,1-4H3. The predicted molar refractivity (Wildman–Crippen MR) is 59.6 cm³/mol. The minimum atomic E-state index is 0.457. The summed E-state index contributed by atoms with van der Waals surface area (Å²) < 4.78 is 5.66. The molecule has 0 amide bonds. The quantitative estimate of drug-likeness (QED) is 0.741. The number of hydrogen-bond donors (Lipinski definition) is 0. The summed E-state index contributed by atoms with van der Waals surface area (Å²) in [5.74, 6) is 3.12. The maximum atomic E-state index is 5.66. The van der Waals surface area contributed by atoms with Crippen molar-refractivity contribution in [3.63, 3.8) is 0 Å². The van der Waals surface area contributed by atoms with Crippen molar-refractivity contribution in [1.82, 2.24) is 0 Å². The highest BCUT2D eigenvalue weighted by atomic mass is 32.2. The van der Waals surface area contributed by atoms with Gasteiger partial charge in [-0.05, 0) is 18.7 Å². The van der Waals surface area contributed by atoms with E-state index < -0.39 is 0 Å². The molecule has 13 heavy (non-hydrogen) atoms. The van der Waals surface area contributed by atoms with Gasteiger partial charge in [0.1, 0.15) is 5.76 Å². The Balaban J connectivity index is 2.67. The second-order valence-electron chi connectivity index (χ2n) is 3.17. The Labute approximate surface area is 84.3 Å². The molecule has 1 atom stereocenters. The van der Waals surface area contributed by atoms with Crippen LogP contribution in [0, 0.1) is 0 Å². The summed E-state index contributed by atoms with van der Waals surface area (Å²) in [6, 6.07) is 4.07. The topological polar surface area (TPSA) is 16.4 Å². The number of rotatable bonds is 4. The van der Waals surface area contributed by atoms with Crippen LogP contribution in [0.4, 0.5) is 5.88 Å². The molecule has 0 N–H and O–H groups in total. The molecular weight excluding hydrogens is 182 g/mol. The fraction of sp³-hybridized carbons (Fsp3) is 0.600. The monoisotopic (exact) mass is 199 g/mol. The van der Waals surface area contributed by atoms with Crippen LogP contribution in [0.1, 0.15) is 24.9 Å². The smallest absolute Gasteiger partial charge is 0.195 e. The molecule has 3 heteroatoms. The van der Waals surface area contributed by atoms with E-state index in [2.05, 4.69) is 19.9 Å². The first-order valence-electron chi connectivity index (χ1n) is 4.53. The SMILES string of the molecule is CCSC(C)c1ccc(N(C)C)o1. The molecule has 0 radical (unpaired) electrons. The highest BCUT2D eigenvalue weighted by molar-refractivity contribution is 7.99. The Morgan fingerprint density at radius 3 is 2.62 bits per heavy atom. The number of hydrogen-bond acceptors (Lipinski definition) is 3. The van der Waals surface area contributed by atoms with E-state index in [1.807, 2.05) is 36.8 Å². The van der Waals surface area contributed by atoms with Crippen LogP contribution in [0.2, 0.25) is 0 Å². The average molecular weight is 199 g/mol. The third kappa shape index (κ3) is 2.69. The molecule has 0 saturated heterocycles. The van der Waals surface area contributed by atoms with Gasteiger partial charge in [-0.25, -0.2) is 0 Å². The minimum Gasteiger partial charge on any atom is -0.444 e. The first-order chi connectivity index (χ1) is 6.15. The molecule has 0 aliphatic carbocycles. The van der Waals surface area contributed by atoms with Gasteiger partial charge in [0, 0.05) is 20.2 Å². The normalized spacial score (nSPS) is 12.9. The molecule has 1 aromatic heterocycles. The molecule has 0 spiro atoms. The average Bonchev–Trinajstić information content (AvgIpc) is 2.52. The van der Waals surface area contributed by atoms with E-state index in [9.17, 15) is 0 Å². The third-order valence-corrected chi connectivity index (χ3v) is 2.94. The minimum absolute atomic E-state index is 0.457. The second-order valence-corrected chi connectivity index (χ2v) is 4.79. The van der Waals surface area contributed by atoms with Crippen molar-refractivity contribution in [1.29, 1.82) is 0 Å². The Morgan fingerprint density at radius 1 is 1.46 bits per heavy atom. The molecule has 0 aliphatic rings. The number of anilines is 1. The number of nitrogens with zero attached hydrogens (tertiary/aromatic N) is 1. The summed E-state index contributed by atoms with van der Waals surface area (Å²) in [6.07, 6.45) is 0. The van der Waals surface area contributed by atoms with Gasteiger partial charge < -0.3 is 9.32 Å². The van der Waals surface area contributed by atoms with Gasteiger partial charge >= 0.3 is 0 Å². The van der Waals surface area contributed by atoms with Gasteiger partial charge in [0.05, 0.1) is 5.25 Å². The van der Waals surface area contributed by atoms with Crippen molar-refractivity contribution in [3.05, 3.63) is 17.9 Å². The first kappa shape index (κ1) is 10.5. The van der Waals surface area contributed by atoms with Crippen molar-refractivity contribution in [3.8, 4) is 0 Å². The molecule has 1 rings (SSSR count). The molecule has 1 aromatic rings. The Kier molecular flexibility index (Phi) is 3.72. The molecule has 1 heterocycles. The van der Waals surface area contributed by atoms with Gasteiger partial charge in [-0.15, -0.1) is 0 Å². The van der Waals surface area contributed by atoms with E-state index in [1.54, 1.807) is 0 Å². The fourth-order valence-electron chi connectivity index (χ4n) is 1.13. The summed E-state index contributed by atoms with van der Waals surface area (Å²) in [4.78, 5) is 1.98. The van der Waals surface area contributed by atoms with Gasteiger partial charge in [-0.3, -0.25) is 0 Å². The molecule has 0 bridgehead atoms. The zero-order valence-electron chi connectivity index (χ0n) is 8.70. The summed E-state index contributed by atoms with van der Waals surface area (Å²) >= 11 is 1.90. The largest absolute Gasteiger partial charge is 0.444 e. The zero-order valence-corrected chi connectivity index (χ0v) is 9.52. The molecule has 2 nitrogen and oxygen atoms in total. The van der Waals surface area contributed by atoms with Crippen LogP contribution in [0.15, 0.2) is 16.5 Å². The zero-order chi connectivity index (χ0) is 9.84. The van der Waals surface area contributed by atoms with Crippen LogP contribution in [0.3, 0.4) is 0 Å². The Hall–Kier alpha value is -0.570. The van der Waals surface area contributed by atoms with Crippen LogP contribution in [0.5, 0.6) is 0 Å². The molecule has 0 aromatic carbocycles. The first-order valence-corrected chi connectivity index (χ1v) is 5.58. The molecule has 0 saturated carbocycles. The Morgan fingerprint density at radius 2 is 2.15 bits per heavy atom. The molecular formula is C10H17NOS. The van der Waals surface area contributed by atoms with E-state index in [1.165, 1.54) is 0 Å². The lowest BCUT2D eigenvalue weighted by Crippen LogP contribution is -2.06. The summed E-state index contributed by atoms with van der Waals surface area (Å²) in [6.45, 7) is 4.34. The maximum absolute atomic E-state index is 5.66. The van der Waals surface area contributed by atoms with Crippen LogP contribution >= 0.6 is 11.8 Å². The summed E-state index contributed by atoms with van der Waals surface area (Å²) in [5.41, 5.74) is 0. The van der Waals surface area contributed by atoms with Gasteiger partial charge in [0.25, 0.3) is 0 Å². The van der Waals surface area contributed by atoms with Gasteiger partial charge in [0.2, 0.25) is 0 Å². The molecule has 1 unspecified atom stereocenters. The summed E-state index contributed by atoms with van der Waals surface area (Å²) in [5, 5.41) is 0.457. The van der Waals surface area contributed by atoms with Crippen molar-refractivity contribution in [2.24, 2.45) is 0 Å². The molecule has 0 fully saturated rings. The number of furan rings is 1. The second kappa shape index (κ2) is 4.61. The molecule has 0 aliphatic heterocycles. The Bertz CT molecular complexity index is 257. The highest BCUT2D eigenvalue weighted by Gasteiger charge is 2.10. The number of thioether (sulfide) groups is 1. The highest BCUT2D eigenvalue weighted by Crippen LogP contribution is 2.31. The van der Waals surface area contributed by atoms with Crippen molar-refractivity contribution >= 4 is 17.6 Å². The van der Waals surface area contributed by atoms with Crippen LogP contribution in [0.25, 0.3) is 0 Å². The van der Waals surface area contributed by atoms with E-state index in [0.717, 1.165) is 17.4 Å². The van der Waals surface area contributed by atoms with E-state index >= 15 is 0 Å². The van der Waals surface area contributed by atoms with Gasteiger partial charge in [-0.2, -0.15) is 11.8 Å². The van der Waals surface area contributed by atoms with Crippen LogP contribution < -0.4 is 4.90 Å². The van der Waals surface area contributed by atoms with Crippen molar-refractivity contribution < 1.29 is 4.42 Å². The van der Waals surface area contributed by atoms with E-state index in [-0.39, 0.29) is 0 Å². The van der Waals surface area contributed by atoms with Crippen LogP contribution in [-0.4, -0.2) is 19.8 Å². The lowest BCUT2D eigenvalue weighted by molar-refractivity contribution is 0.513.